The Morgan fingerprint density at radius 1 is 1.40 bits per heavy atom. The van der Waals surface area contributed by atoms with E-state index in [0.29, 0.717) is 6.04 Å². The van der Waals surface area contributed by atoms with E-state index in [1.165, 1.54) is 25.7 Å². The maximum absolute atomic E-state index is 5.92. The van der Waals surface area contributed by atoms with Crippen LogP contribution >= 0.6 is 0 Å². The van der Waals surface area contributed by atoms with Crippen molar-refractivity contribution in [2.45, 2.75) is 38.1 Å². The third-order valence-electron chi connectivity index (χ3n) is 2.44. The molecule has 0 aromatic carbocycles. The lowest BCUT2D eigenvalue weighted by molar-refractivity contribution is 0.310. The van der Waals surface area contributed by atoms with E-state index in [9.17, 15) is 0 Å². The molecule has 0 aromatic heterocycles. The lowest BCUT2D eigenvalue weighted by Crippen LogP contribution is -2.32. The van der Waals surface area contributed by atoms with Gasteiger partial charge < -0.3 is 5.73 Å². The highest BCUT2D eigenvalue weighted by Gasteiger charge is 2.19. The number of nitrogens with two attached hydrogens (primary N) is 1. The highest BCUT2D eigenvalue weighted by molar-refractivity contribution is 4.83. The molecule has 1 nitrogen and oxygen atoms in total. The van der Waals surface area contributed by atoms with Gasteiger partial charge in [-0.05, 0) is 25.2 Å². The summed E-state index contributed by atoms with van der Waals surface area (Å²) in [5.41, 5.74) is 5.92. The van der Waals surface area contributed by atoms with Crippen LogP contribution in [0, 0.1) is 5.92 Å². The van der Waals surface area contributed by atoms with Crippen molar-refractivity contribution in [3.63, 3.8) is 0 Å². The Hall–Kier alpha value is -0.300. The maximum Gasteiger partial charge on any atom is 0.00701 e. The van der Waals surface area contributed by atoms with Gasteiger partial charge in [-0.25, -0.2) is 0 Å². The minimum absolute atomic E-state index is 0.451. The molecule has 0 radical (unpaired) electrons. The molecule has 10 heavy (non-hydrogen) atoms. The zero-order valence-corrected chi connectivity index (χ0v) is 6.55. The van der Waals surface area contributed by atoms with Gasteiger partial charge in [0.15, 0.2) is 0 Å². The van der Waals surface area contributed by atoms with E-state index in [-0.39, 0.29) is 0 Å². The second-order valence-corrected chi connectivity index (χ2v) is 3.23. The molecule has 0 amide bonds. The molecular weight excluding hydrogens is 122 g/mol. The topological polar surface area (TPSA) is 26.0 Å². The molecule has 0 unspecified atom stereocenters. The smallest absolute Gasteiger partial charge is 0.00701 e. The van der Waals surface area contributed by atoms with Gasteiger partial charge in [0.2, 0.25) is 0 Å². The lowest BCUT2D eigenvalue weighted by atomic mass is 9.83. The molecule has 2 atom stereocenters. The summed E-state index contributed by atoms with van der Waals surface area (Å²) in [6.07, 6.45) is 8.34. The average molecular weight is 139 g/mol. The van der Waals surface area contributed by atoms with Crippen LogP contribution in [0.4, 0.5) is 0 Å². The predicted molar refractivity (Wildman–Crippen MR) is 44.7 cm³/mol. The first-order valence-electron chi connectivity index (χ1n) is 4.21. The quantitative estimate of drug-likeness (QED) is 0.582. The van der Waals surface area contributed by atoms with Gasteiger partial charge in [-0.2, -0.15) is 0 Å². The van der Waals surface area contributed by atoms with E-state index < -0.39 is 0 Å². The SMILES string of the molecule is C=CC[C@H]1CCCC[C@@H]1N. The molecule has 1 fully saturated rings. The minimum atomic E-state index is 0.451. The second kappa shape index (κ2) is 3.77. The Morgan fingerprint density at radius 3 is 2.70 bits per heavy atom. The molecule has 1 rings (SSSR count). The van der Waals surface area contributed by atoms with Crippen LogP contribution in [0.3, 0.4) is 0 Å². The molecule has 0 saturated heterocycles. The molecule has 0 heterocycles. The third kappa shape index (κ3) is 1.84. The molecule has 1 saturated carbocycles. The van der Waals surface area contributed by atoms with Gasteiger partial charge >= 0.3 is 0 Å². The van der Waals surface area contributed by atoms with E-state index in [4.69, 9.17) is 5.73 Å². The van der Waals surface area contributed by atoms with Crippen molar-refractivity contribution in [3.05, 3.63) is 12.7 Å². The fourth-order valence-electron chi connectivity index (χ4n) is 1.74. The molecule has 0 bridgehead atoms. The fraction of sp³-hybridized carbons (Fsp3) is 0.778. The van der Waals surface area contributed by atoms with Crippen LogP contribution in [0.2, 0.25) is 0 Å². The zero-order valence-electron chi connectivity index (χ0n) is 6.55. The number of hydrogen-bond donors (Lipinski definition) is 1. The van der Waals surface area contributed by atoms with Gasteiger partial charge in [0, 0.05) is 6.04 Å². The largest absolute Gasteiger partial charge is 0.327 e. The van der Waals surface area contributed by atoms with E-state index in [1.807, 2.05) is 6.08 Å². The normalized spacial score (nSPS) is 33.7. The predicted octanol–water partition coefficient (Wildman–Crippen LogP) is 2.08. The summed E-state index contributed by atoms with van der Waals surface area (Å²) >= 11 is 0. The van der Waals surface area contributed by atoms with Crippen molar-refractivity contribution < 1.29 is 0 Å². The first-order chi connectivity index (χ1) is 4.84. The summed E-state index contributed by atoms with van der Waals surface area (Å²) in [5.74, 6) is 0.728. The van der Waals surface area contributed by atoms with E-state index in [2.05, 4.69) is 6.58 Å². The number of allylic oxidation sites excluding steroid dienone is 1. The Kier molecular flexibility index (Phi) is 2.94. The zero-order chi connectivity index (χ0) is 7.40. The lowest BCUT2D eigenvalue weighted by Gasteiger charge is -2.27. The monoisotopic (exact) mass is 139 g/mol. The molecular formula is C9H17N. The van der Waals surface area contributed by atoms with Crippen molar-refractivity contribution in [3.8, 4) is 0 Å². The van der Waals surface area contributed by atoms with E-state index >= 15 is 0 Å². The molecule has 1 heteroatoms. The minimum Gasteiger partial charge on any atom is -0.327 e. The third-order valence-corrected chi connectivity index (χ3v) is 2.44. The highest BCUT2D eigenvalue weighted by atomic mass is 14.7. The summed E-state index contributed by atoms with van der Waals surface area (Å²) < 4.78 is 0. The van der Waals surface area contributed by atoms with Crippen LogP contribution in [-0.4, -0.2) is 6.04 Å². The van der Waals surface area contributed by atoms with Gasteiger partial charge in [0.05, 0.1) is 0 Å². The van der Waals surface area contributed by atoms with Crippen molar-refractivity contribution in [1.29, 1.82) is 0 Å². The Labute approximate surface area is 63.3 Å². The van der Waals surface area contributed by atoms with Crippen LogP contribution in [0.1, 0.15) is 32.1 Å². The summed E-state index contributed by atoms with van der Waals surface area (Å²) in [5, 5.41) is 0. The molecule has 0 spiro atoms. The van der Waals surface area contributed by atoms with E-state index in [1.54, 1.807) is 0 Å². The highest BCUT2D eigenvalue weighted by Crippen LogP contribution is 2.25. The summed E-state index contributed by atoms with van der Waals surface area (Å²) in [6.45, 7) is 3.73. The molecule has 58 valence electrons. The average Bonchev–Trinajstić information content (AvgIpc) is 1.94. The van der Waals surface area contributed by atoms with Crippen LogP contribution in [-0.2, 0) is 0 Å². The summed E-state index contributed by atoms with van der Waals surface area (Å²) in [7, 11) is 0. The Bertz CT molecular complexity index is 109. The summed E-state index contributed by atoms with van der Waals surface area (Å²) in [6, 6.07) is 0.451. The Balaban J connectivity index is 2.32. The van der Waals surface area contributed by atoms with Crippen LogP contribution in [0.25, 0.3) is 0 Å². The fourth-order valence-corrected chi connectivity index (χ4v) is 1.74. The number of hydrogen-bond acceptors (Lipinski definition) is 1. The van der Waals surface area contributed by atoms with Crippen LogP contribution in [0.5, 0.6) is 0 Å². The molecule has 0 aliphatic heterocycles. The van der Waals surface area contributed by atoms with Crippen molar-refractivity contribution in [1.82, 2.24) is 0 Å². The molecule has 1 aliphatic carbocycles. The summed E-state index contributed by atoms with van der Waals surface area (Å²) in [4.78, 5) is 0. The first-order valence-corrected chi connectivity index (χ1v) is 4.21. The van der Waals surface area contributed by atoms with Gasteiger partial charge in [-0.3, -0.25) is 0 Å². The second-order valence-electron chi connectivity index (χ2n) is 3.23. The van der Waals surface area contributed by atoms with Crippen molar-refractivity contribution in [2.75, 3.05) is 0 Å². The first kappa shape index (κ1) is 7.80. The van der Waals surface area contributed by atoms with Gasteiger partial charge in [-0.1, -0.05) is 18.9 Å². The van der Waals surface area contributed by atoms with Crippen molar-refractivity contribution >= 4 is 0 Å². The van der Waals surface area contributed by atoms with Gasteiger partial charge in [0.25, 0.3) is 0 Å². The van der Waals surface area contributed by atoms with Crippen molar-refractivity contribution in [2.24, 2.45) is 11.7 Å². The molecule has 2 N–H and O–H groups in total. The van der Waals surface area contributed by atoms with Gasteiger partial charge in [-0.15, -0.1) is 6.58 Å². The maximum atomic E-state index is 5.92. The van der Waals surface area contributed by atoms with Gasteiger partial charge in [0.1, 0.15) is 0 Å². The number of rotatable bonds is 2. The standard InChI is InChI=1S/C9H17N/c1-2-5-8-6-3-4-7-9(8)10/h2,8-9H,1,3-7,10H2/t8-,9-/m0/s1. The van der Waals surface area contributed by atoms with Crippen LogP contribution in [0.15, 0.2) is 12.7 Å². The van der Waals surface area contributed by atoms with Crippen LogP contribution < -0.4 is 5.73 Å². The van der Waals surface area contributed by atoms with E-state index in [0.717, 1.165) is 12.3 Å². The Morgan fingerprint density at radius 2 is 2.10 bits per heavy atom. The molecule has 1 aliphatic rings. The molecule has 0 aromatic rings.